The molecular weight excluding hydrogens is 421 g/mol. The summed E-state index contributed by atoms with van der Waals surface area (Å²) in [5.74, 6) is 0.327. The molecule has 0 aliphatic carbocycles. The van der Waals surface area contributed by atoms with Crippen molar-refractivity contribution in [1.29, 1.82) is 0 Å². The van der Waals surface area contributed by atoms with E-state index < -0.39 is 0 Å². The van der Waals surface area contributed by atoms with Crippen LogP contribution >= 0.6 is 0 Å². The van der Waals surface area contributed by atoms with Crippen molar-refractivity contribution in [3.63, 3.8) is 0 Å². The molecule has 0 aliphatic heterocycles. The van der Waals surface area contributed by atoms with Crippen LogP contribution in [0.1, 0.15) is 12.0 Å². The highest BCUT2D eigenvalue weighted by Crippen LogP contribution is 2.23. The van der Waals surface area contributed by atoms with E-state index in [0.717, 1.165) is 22.2 Å². The van der Waals surface area contributed by atoms with E-state index in [9.17, 15) is 9.18 Å². The molecule has 0 spiro atoms. The van der Waals surface area contributed by atoms with Gasteiger partial charge in [-0.1, -0.05) is 30.3 Å². The van der Waals surface area contributed by atoms with Crippen LogP contribution in [0, 0.1) is 5.82 Å². The van der Waals surface area contributed by atoms with E-state index >= 15 is 0 Å². The fraction of sp³-hybridized carbons (Fsp3) is 0.231. The minimum absolute atomic E-state index is 0.0718. The maximum Gasteiger partial charge on any atom is 0.222 e. The van der Waals surface area contributed by atoms with Crippen molar-refractivity contribution in [1.82, 2.24) is 15.1 Å². The molecule has 1 unspecified atom stereocenters. The molecule has 1 N–H and O–H groups in total. The molecule has 4 aromatic rings. The van der Waals surface area contributed by atoms with Crippen LogP contribution in [0.15, 0.2) is 79.0 Å². The first-order chi connectivity index (χ1) is 16.1. The molecule has 0 saturated heterocycles. The smallest absolute Gasteiger partial charge is 0.222 e. The second kappa shape index (κ2) is 10.7. The highest BCUT2D eigenvalue weighted by Gasteiger charge is 2.15. The Morgan fingerprint density at radius 3 is 2.64 bits per heavy atom. The Kier molecular flexibility index (Phi) is 7.32. The van der Waals surface area contributed by atoms with E-state index in [1.54, 1.807) is 30.1 Å². The number of benzene rings is 3. The summed E-state index contributed by atoms with van der Waals surface area (Å²) in [6.45, 7) is 0.699. The number of carbonyl (C=O) groups excluding carboxylic acids is 1. The average Bonchev–Trinajstić information content (AvgIpc) is 3.25. The monoisotopic (exact) mass is 447 g/mol. The summed E-state index contributed by atoms with van der Waals surface area (Å²) in [4.78, 5) is 12.3. The fourth-order valence-corrected chi connectivity index (χ4v) is 3.63. The summed E-state index contributed by atoms with van der Waals surface area (Å²) in [6.07, 6.45) is 2.71. The molecule has 1 heterocycles. The lowest BCUT2D eigenvalue weighted by Gasteiger charge is -2.20. The van der Waals surface area contributed by atoms with Crippen LogP contribution in [-0.4, -0.2) is 42.1 Å². The first-order valence-corrected chi connectivity index (χ1v) is 10.8. The number of fused-ring (bicyclic) bond motifs is 1. The predicted molar refractivity (Wildman–Crippen MR) is 125 cm³/mol. The maximum atomic E-state index is 13.2. The summed E-state index contributed by atoms with van der Waals surface area (Å²) >= 11 is 0. The molecule has 0 aliphatic rings. The number of halogens is 1. The molecule has 3 aromatic carbocycles. The zero-order valence-corrected chi connectivity index (χ0v) is 18.4. The third kappa shape index (κ3) is 5.96. The van der Waals surface area contributed by atoms with Crippen molar-refractivity contribution < 1.29 is 18.7 Å². The fourth-order valence-electron chi connectivity index (χ4n) is 3.63. The lowest BCUT2D eigenvalue weighted by molar-refractivity contribution is -0.122. The second-order valence-corrected chi connectivity index (χ2v) is 7.76. The van der Waals surface area contributed by atoms with Gasteiger partial charge in [0.1, 0.15) is 18.2 Å². The number of methoxy groups -OCH3 is 1. The highest BCUT2D eigenvalue weighted by atomic mass is 19.1. The van der Waals surface area contributed by atoms with E-state index in [0.29, 0.717) is 31.8 Å². The topological polar surface area (TPSA) is 65.4 Å². The van der Waals surface area contributed by atoms with Gasteiger partial charge in [-0.3, -0.25) is 4.79 Å². The van der Waals surface area contributed by atoms with Crippen molar-refractivity contribution in [3.05, 3.63) is 90.4 Å². The third-order valence-electron chi connectivity index (χ3n) is 5.29. The van der Waals surface area contributed by atoms with Gasteiger partial charge < -0.3 is 14.8 Å². The number of rotatable bonds is 10. The number of hydrogen-bond donors (Lipinski definition) is 1. The molecule has 33 heavy (non-hydrogen) atoms. The van der Waals surface area contributed by atoms with Gasteiger partial charge in [0.2, 0.25) is 5.91 Å². The number of ether oxygens (including phenoxy) is 2. The molecule has 0 saturated carbocycles. The Morgan fingerprint density at radius 1 is 1.09 bits per heavy atom. The Bertz CT molecular complexity index is 1190. The minimum atomic E-state index is -0.287. The van der Waals surface area contributed by atoms with Gasteiger partial charge in [-0.25, -0.2) is 9.07 Å². The number of aromatic nitrogens is 2. The van der Waals surface area contributed by atoms with Crippen molar-refractivity contribution in [3.8, 4) is 11.4 Å². The Balaban J connectivity index is 1.46. The van der Waals surface area contributed by atoms with Crippen molar-refractivity contribution in [2.75, 3.05) is 20.3 Å². The Hall–Kier alpha value is -3.71. The first-order valence-electron chi connectivity index (χ1n) is 10.8. The molecule has 1 atom stereocenters. The van der Waals surface area contributed by atoms with Crippen LogP contribution in [0.2, 0.25) is 0 Å². The number of nitrogens with one attached hydrogen (secondary N) is 1. The molecule has 4 rings (SSSR count). The first kappa shape index (κ1) is 22.5. The van der Waals surface area contributed by atoms with E-state index in [-0.39, 0.29) is 17.8 Å². The van der Waals surface area contributed by atoms with Crippen molar-refractivity contribution >= 4 is 16.8 Å². The number of amides is 1. The summed E-state index contributed by atoms with van der Waals surface area (Å²) in [5, 5.41) is 8.38. The zero-order valence-electron chi connectivity index (χ0n) is 18.4. The van der Waals surface area contributed by atoms with Crippen LogP contribution < -0.4 is 10.1 Å². The van der Waals surface area contributed by atoms with E-state index in [1.165, 1.54) is 12.1 Å². The van der Waals surface area contributed by atoms with Crippen LogP contribution in [0.4, 0.5) is 4.39 Å². The van der Waals surface area contributed by atoms with Crippen molar-refractivity contribution in [2.24, 2.45) is 0 Å². The molecule has 6 nitrogen and oxygen atoms in total. The largest absolute Gasteiger partial charge is 0.491 e. The Labute approximate surface area is 191 Å². The van der Waals surface area contributed by atoms with Gasteiger partial charge in [-0.2, -0.15) is 5.10 Å². The van der Waals surface area contributed by atoms with Gasteiger partial charge >= 0.3 is 0 Å². The summed E-state index contributed by atoms with van der Waals surface area (Å²) < 4.78 is 26.1. The highest BCUT2D eigenvalue weighted by molar-refractivity contribution is 5.81. The zero-order chi connectivity index (χ0) is 23.0. The van der Waals surface area contributed by atoms with Crippen LogP contribution in [0.5, 0.6) is 5.75 Å². The average molecular weight is 448 g/mol. The maximum absolute atomic E-state index is 13.2. The molecule has 170 valence electrons. The minimum Gasteiger partial charge on any atom is -0.491 e. The molecule has 1 amide bonds. The number of hydrogen-bond acceptors (Lipinski definition) is 4. The predicted octanol–water partition coefficient (Wildman–Crippen LogP) is 4.31. The summed E-state index contributed by atoms with van der Waals surface area (Å²) in [5.41, 5.74) is 2.79. The number of carbonyl (C=O) groups is 1. The lowest BCUT2D eigenvalue weighted by atomic mass is 10.1. The number of nitrogens with zero attached hydrogens (tertiary/aromatic N) is 2. The molecule has 1 aromatic heterocycles. The van der Waals surface area contributed by atoms with E-state index in [4.69, 9.17) is 9.47 Å². The summed E-state index contributed by atoms with van der Waals surface area (Å²) in [6, 6.07) is 21.7. The summed E-state index contributed by atoms with van der Waals surface area (Å²) in [7, 11) is 1.58. The van der Waals surface area contributed by atoms with Crippen LogP contribution in [0.3, 0.4) is 0 Å². The molecule has 0 fully saturated rings. The molecule has 0 radical (unpaired) electrons. The van der Waals surface area contributed by atoms with Gasteiger partial charge in [0.05, 0.1) is 30.0 Å². The van der Waals surface area contributed by atoms with Gasteiger partial charge in [-0.05, 0) is 54.4 Å². The van der Waals surface area contributed by atoms with E-state index in [1.807, 2.05) is 48.5 Å². The van der Waals surface area contributed by atoms with Crippen LogP contribution in [-0.2, 0) is 16.0 Å². The molecular formula is C26H26FN3O3. The third-order valence-corrected chi connectivity index (χ3v) is 5.29. The second-order valence-electron chi connectivity index (χ2n) is 7.76. The van der Waals surface area contributed by atoms with Gasteiger partial charge in [0, 0.05) is 18.9 Å². The SMILES string of the molecule is COCCC(=O)NC(COc1ccc2c(cnn2-c2ccc(F)cc2)c1)Cc1ccccc1. The quantitative estimate of drug-likeness (QED) is 0.394. The van der Waals surface area contributed by atoms with E-state index in [2.05, 4.69) is 10.4 Å². The van der Waals surface area contributed by atoms with Gasteiger partial charge in [0.25, 0.3) is 0 Å². The Morgan fingerprint density at radius 2 is 1.88 bits per heavy atom. The molecule has 0 bridgehead atoms. The van der Waals surface area contributed by atoms with Gasteiger partial charge in [0.15, 0.2) is 0 Å². The van der Waals surface area contributed by atoms with Crippen LogP contribution in [0.25, 0.3) is 16.6 Å². The normalized spacial score (nSPS) is 11.9. The van der Waals surface area contributed by atoms with Crippen molar-refractivity contribution in [2.45, 2.75) is 18.9 Å². The lowest BCUT2D eigenvalue weighted by Crippen LogP contribution is -2.41. The molecule has 7 heteroatoms. The van der Waals surface area contributed by atoms with Gasteiger partial charge in [-0.15, -0.1) is 0 Å². The standard InChI is InChI=1S/C26H26FN3O3/c1-32-14-13-26(31)29-22(15-19-5-3-2-4-6-19)18-33-24-11-12-25-20(16-24)17-28-30(25)23-9-7-21(27)8-10-23/h2-12,16-17,22H,13-15,18H2,1H3,(H,29,31).